The minimum absolute atomic E-state index is 0.465. The molecule has 2 nitrogen and oxygen atoms in total. The zero-order valence-electron chi connectivity index (χ0n) is 8.56. The van der Waals surface area contributed by atoms with E-state index < -0.39 is 6.30 Å². The Labute approximate surface area is 70.0 Å². The molecule has 0 aliphatic carbocycles. The lowest BCUT2D eigenvalue weighted by Gasteiger charge is -2.19. The fraction of sp³-hybridized carbons (Fsp3) is 1.00. The number of rotatable bonds is 3. The second kappa shape index (κ2) is 7.95. The maximum Gasteiger partial charge on any atom is 0.165 e. The zero-order valence-corrected chi connectivity index (χ0v) is 8.56. The topological polar surface area (TPSA) is 6.48 Å². The van der Waals surface area contributed by atoms with Crippen LogP contribution in [0.1, 0.15) is 13.8 Å². The van der Waals surface area contributed by atoms with Crippen molar-refractivity contribution in [1.82, 2.24) is 9.80 Å². The molecule has 0 amide bonds. The van der Waals surface area contributed by atoms with E-state index in [2.05, 4.69) is 0 Å². The van der Waals surface area contributed by atoms with E-state index in [1.807, 2.05) is 32.8 Å². The molecule has 0 N–H and O–H groups in total. The van der Waals surface area contributed by atoms with Crippen LogP contribution in [0, 0.1) is 0 Å². The number of nitrogens with zero attached hydrogens (tertiary/aromatic N) is 2. The summed E-state index contributed by atoms with van der Waals surface area (Å²) in [6.45, 7) is 4.47. The van der Waals surface area contributed by atoms with Crippen LogP contribution in [0.4, 0.5) is 4.39 Å². The number of hydrogen-bond donors (Lipinski definition) is 0. The summed E-state index contributed by atoms with van der Waals surface area (Å²) in [6, 6.07) is 0. The Balaban J connectivity index is 0. The fourth-order valence-electron chi connectivity index (χ4n) is 0.465. The molecule has 0 fully saturated rings. The highest BCUT2D eigenvalue weighted by molar-refractivity contribution is 4.54. The van der Waals surface area contributed by atoms with Crippen molar-refractivity contribution in [2.45, 2.75) is 20.1 Å². The van der Waals surface area contributed by atoms with Crippen LogP contribution in [0.5, 0.6) is 0 Å². The van der Waals surface area contributed by atoms with Crippen LogP contribution in [-0.4, -0.2) is 50.8 Å². The molecule has 1 unspecified atom stereocenters. The van der Waals surface area contributed by atoms with Crippen LogP contribution in [0.3, 0.4) is 0 Å². The average Bonchev–Trinajstić information content (AvgIpc) is 1.90. The molecule has 0 aliphatic heterocycles. The first kappa shape index (κ1) is 13.4. The van der Waals surface area contributed by atoms with Crippen molar-refractivity contribution in [2.75, 3.05) is 34.7 Å². The summed E-state index contributed by atoms with van der Waals surface area (Å²) in [5.74, 6) is 0. The Morgan fingerprint density at radius 1 is 1.09 bits per heavy atom. The summed E-state index contributed by atoms with van der Waals surface area (Å²) in [5.41, 5.74) is 0. The zero-order chi connectivity index (χ0) is 9.44. The molecule has 0 radical (unpaired) electrons. The van der Waals surface area contributed by atoms with Crippen molar-refractivity contribution in [3.8, 4) is 0 Å². The Morgan fingerprint density at radius 3 is 1.55 bits per heavy atom. The largest absolute Gasteiger partial charge is 0.305 e. The van der Waals surface area contributed by atoms with Gasteiger partial charge in [-0.3, -0.25) is 4.90 Å². The Morgan fingerprint density at radius 2 is 1.45 bits per heavy atom. The van der Waals surface area contributed by atoms with Gasteiger partial charge in [-0.2, -0.15) is 0 Å². The van der Waals surface area contributed by atoms with Gasteiger partial charge in [0.25, 0.3) is 0 Å². The van der Waals surface area contributed by atoms with Gasteiger partial charge in [0.1, 0.15) is 0 Å². The van der Waals surface area contributed by atoms with E-state index in [9.17, 15) is 4.39 Å². The number of halogens is 1. The third-order valence-corrected chi connectivity index (χ3v) is 1.08. The molecular weight excluding hydrogens is 143 g/mol. The molecule has 3 heteroatoms. The second-order valence-corrected chi connectivity index (χ2v) is 2.66. The molecule has 0 aliphatic rings. The maximum atomic E-state index is 12.7. The van der Waals surface area contributed by atoms with Gasteiger partial charge in [-0.15, -0.1) is 0 Å². The Bertz CT molecular complexity index is 74.5. The lowest BCUT2D eigenvalue weighted by atomic mass is 10.5. The molecule has 11 heavy (non-hydrogen) atoms. The molecule has 0 aromatic carbocycles. The van der Waals surface area contributed by atoms with Crippen molar-refractivity contribution >= 4 is 0 Å². The van der Waals surface area contributed by atoms with Gasteiger partial charge in [0.05, 0.1) is 0 Å². The Hall–Kier alpha value is -0.150. The lowest BCUT2D eigenvalue weighted by molar-refractivity contribution is 0.104. The number of hydrogen-bond acceptors (Lipinski definition) is 2. The SMILES string of the molecule is CC.CN(C)CC(F)N(C)C. The molecule has 70 valence electrons. The standard InChI is InChI=1S/C6H15FN2.C2H6/c1-8(2)5-6(7)9(3)4;1-2/h6H,5H2,1-4H3;1-2H3. The molecule has 0 rings (SSSR count). The summed E-state index contributed by atoms with van der Waals surface area (Å²) < 4.78 is 12.7. The predicted octanol–water partition coefficient (Wildman–Crippen LogP) is 1.43. The minimum Gasteiger partial charge on any atom is -0.305 e. The number of likely N-dealkylation sites (N-methyl/N-ethyl adjacent to an activating group) is 2. The number of alkyl halides is 1. The van der Waals surface area contributed by atoms with Gasteiger partial charge in [-0.05, 0) is 28.2 Å². The molecule has 0 saturated heterocycles. The maximum absolute atomic E-state index is 12.7. The summed E-state index contributed by atoms with van der Waals surface area (Å²) in [5, 5.41) is 0. The van der Waals surface area contributed by atoms with Crippen LogP contribution in [0.15, 0.2) is 0 Å². The highest BCUT2D eigenvalue weighted by Gasteiger charge is 2.08. The van der Waals surface area contributed by atoms with Crippen molar-refractivity contribution in [2.24, 2.45) is 0 Å². The monoisotopic (exact) mass is 164 g/mol. The van der Waals surface area contributed by atoms with Crippen LogP contribution in [0.25, 0.3) is 0 Å². The molecular formula is C8H21FN2. The van der Waals surface area contributed by atoms with E-state index >= 15 is 0 Å². The van der Waals surface area contributed by atoms with E-state index in [-0.39, 0.29) is 0 Å². The third-order valence-electron chi connectivity index (χ3n) is 1.08. The predicted molar refractivity (Wildman–Crippen MR) is 48.5 cm³/mol. The van der Waals surface area contributed by atoms with Crippen LogP contribution in [0.2, 0.25) is 0 Å². The van der Waals surface area contributed by atoms with Gasteiger partial charge in [0.15, 0.2) is 6.30 Å². The first-order valence-electron chi connectivity index (χ1n) is 3.99. The van der Waals surface area contributed by atoms with E-state index in [0.29, 0.717) is 6.54 Å². The van der Waals surface area contributed by atoms with Crippen LogP contribution < -0.4 is 0 Å². The fourth-order valence-corrected chi connectivity index (χ4v) is 0.465. The van der Waals surface area contributed by atoms with E-state index in [1.165, 1.54) is 0 Å². The molecule has 0 aromatic rings. The average molecular weight is 164 g/mol. The van der Waals surface area contributed by atoms with Gasteiger partial charge in [0, 0.05) is 6.54 Å². The first-order valence-corrected chi connectivity index (χ1v) is 3.99. The normalized spacial score (nSPS) is 12.8. The van der Waals surface area contributed by atoms with Gasteiger partial charge in [-0.25, -0.2) is 4.39 Å². The third kappa shape index (κ3) is 9.85. The lowest BCUT2D eigenvalue weighted by Crippen LogP contribution is -2.33. The Kier molecular flexibility index (Phi) is 9.72. The summed E-state index contributed by atoms with van der Waals surface area (Å²) in [4.78, 5) is 3.38. The minimum atomic E-state index is -0.847. The van der Waals surface area contributed by atoms with Gasteiger partial charge in [-0.1, -0.05) is 13.8 Å². The highest BCUT2D eigenvalue weighted by Crippen LogP contribution is 1.94. The second-order valence-electron chi connectivity index (χ2n) is 2.66. The summed E-state index contributed by atoms with van der Waals surface area (Å²) in [6.07, 6.45) is -0.847. The van der Waals surface area contributed by atoms with E-state index in [1.54, 1.807) is 19.0 Å². The summed E-state index contributed by atoms with van der Waals surface area (Å²) in [7, 11) is 7.18. The molecule has 0 heterocycles. The van der Waals surface area contributed by atoms with E-state index in [4.69, 9.17) is 0 Å². The van der Waals surface area contributed by atoms with Crippen molar-refractivity contribution < 1.29 is 4.39 Å². The molecule has 0 spiro atoms. The smallest absolute Gasteiger partial charge is 0.165 e. The van der Waals surface area contributed by atoms with Crippen LogP contribution >= 0.6 is 0 Å². The quantitative estimate of drug-likeness (QED) is 0.582. The van der Waals surface area contributed by atoms with Crippen molar-refractivity contribution in [3.63, 3.8) is 0 Å². The van der Waals surface area contributed by atoms with Gasteiger partial charge in [0.2, 0.25) is 0 Å². The molecule has 0 bridgehead atoms. The van der Waals surface area contributed by atoms with Crippen molar-refractivity contribution in [1.29, 1.82) is 0 Å². The van der Waals surface area contributed by atoms with Gasteiger partial charge >= 0.3 is 0 Å². The first-order chi connectivity index (χ1) is 5.04. The highest BCUT2D eigenvalue weighted by atomic mass is 19.1. The molecule has 0 aromatic heterocycles. The summed E-state index contributed by atoms with van der Waals surface area (Å²) >= 11 is 0. The van der Waals surface area contributed by atoms with Gasteiger partial charge < -0.3 is 4.90 Å². The molecule has 1 atom stereocenters. The molecule has 0 saturated carbocycles. The van der Waals surface area contributed by atoms with Crippen molar-refractivity contribution in [3.05, 3.63) is 0 Å². The van der Waals surface area contributed by atoms with Crippen LogP contribution in [-0.2, 0) is 0 Å². The van der Waals surface area contributed by atoms with E-state index in [0.717, 1.165) is 0 Å².